The first kappa shape index (κ1) is 40.4. The molecule has 0 aromatic heterocycles. The summed E-state index contributed by atoms with van der Waals surface area (Å²) >= 11 is 0. The van der Waals surface area contributed by atoms with E-state index in [4.69, 9.17) is 23.7 Å². The molecule has 0 saturated heterocycles. The Labute approximate surface area is 313 Å². The number of hydrogen-bond donors (Lipinski definition) is 0. The molecule has 0 radical (unpaired) electrons. The summed E-state index contributed by atoms with van der Waals surface area (Å²) < 4.78 is 28.6. The molecule has 5 rings (SSSR count). The van der Waals surface area contributed by atoms with Gasteiger partial charge in [-0.15, -0.1) is 0 Å². The Hall–Kier alpha value is -3.76. The molecule has 0 bridgehead atoms. The maximum atomic E-state index is 13.6. The van der Waals surface area contributed by atoms with Crippen LogP contribution < -0.4 is 0 Å². The van der Waals surface area contributed by atoms with Crippen molar-refractivity contribution in [1.29, 1.82) is 0 Å². The van der Waals surface area contributed by atoms with Crippen LogP contribution in [0.1, 0.15) is 112 Å². The van der Waals surface area contributed by atoms with Crippen molar-refractivity contribution in [1.82, 2.24) is 0 Å². The maximum Gasteiger partial charge on any atom is 0.328 e. The lowest BCUT2D eigenvalue weighted by Crippen LogP contribution is -2.63. The summed E-state index contributed by atoms with van der Waals surface area (Å²) in [5.41, 5.74) is 0.144. The smallest absolute Gasteiger partial charge is 0.328 e. The monoisotopic (exact) mass is 738 g/mol. The number of ketones is 1. The van der Waals surface area contributed by atoms with Gasteiger partial charge in [0.2, 0.25) is 5.92 Å². The lowest BCUT2D eigenvalue weighted by atomic mass is 9.43. The van der Waals surface area contributed by atoms with Crippen LogP contribution in [0, 0.1) is 52.3 Å². The van der Waals surface area contributed by atoms with Crippen LogP contribution in [-0.4, -0.2) is 60.5 Å². The predicted octanol–water partition coefficient (Wildman–Crippen LogP) is 6.57. The van der Waals surface area contributed by atoms with Crippen molar-refractivity contribution in [3.8, 4) is 0 Å². The minimum Gasteiger partial charge on any atom is -0.465 e. The SMILES string of the molecule is CCOC(=O)C(C(=O)CC[C@@H](C)[C@H]1CC[C@H]2[C@@H]3[C@H](OC(C)=O)C[C@@H]4C[C@H](OC(C)=O)CC[C@]4(C)[C@H]3C[C@H](OC(C)=O)[C@]12C)C(=O)OCc1ccccc1. The summed E-state index contributed by atoms with van der Waals surface area (Å²) in [5, 5.41) is 0. The topological polar surface area (TPSA) is 149 Å². The molecule has 0 N–H and O–H groups in total. The molecule has 11 heteroatoms. The first-order chi connectivity index (χ1) is 25.1. The van der Waals surface area contributed by atoms with Gasteiger partial charge in [0.1, 0.15) is 24.9 Å². The highest BCUT2D eigenvalue weighted by Crippen LogP contribution is 2.69. The second kappa shape index (κ2) is 16.7. The summed E-state index contributed by atoms with van der Waals surface area (Å²) in [4.78, 5) is 76.9. The van der Waals surface area contributed by atoms with Crippen molar-refractivity contribution in [3.05, 3.63) is 35.9 Å². The van der Waals surface area contributed by atoms with E-state index < -0.39 is 35.2 Å². The van der Waals surface area contributed by atoms with Gasteiger partial charge in [-0.3, -0.25) is 28.8 Å². The van der Waals surface area contributed by atoms with Crippen molar-refractivity contribution in [2.75, 3.05) is 6.61 Å². The van der Waals surface area contributed by atoms with Gasteiger partial charge in [-0.05, 0) is 98.9 Å². The van der Waals surface area contributed by atoms with E-state index in [1.807, 2.05) is 18.2 Å². The summed E-state index contributed by atoms with van der Waals surface area (Å²) in [6.07, 6.45) is 4.82. The normalized spacial score (nSPS) is 34.2. The third kappa shape index (κ3) is 8.49. The van der Waals surface area contributed by atoms with Gasteiger partial charge < -0.3 is 23.7 Å². The Morgan fingerprint density at radius 1 is 0.792 bits per heavy atom. The van der Waals surface area contributed by atoms with Gasteiger partial charge in [0, 0.05) is 38.5 Å². The molecule has 1 unspecified atom stereocenters. The Kier molecular flexibility index (Phi) is 12.8. The van der Waals surface area contributed by atoms with Crippen LogP contribution in [0.2, 0.25) is 0 Å². The number of hydrogen-bond acceptors (Lipinski definition) is 11. The standard InChI is InChI=1S/C42H58O11/c1-8-49-39(47)38(40(48)50-23-28-12-10-9-11-13-28)34(46)17-14-24(2)31-15-16-32-37-33(22-36(42(31,32)7)53-27(5)45)41(6)19-18-30(51-25(3)43)20-29(41)21-35(37)52-26(4)44/h9-13,24,29-33,35-38H,8,14-23H2,1-7H3/t24-,29+,30-,31-,32+,33+,35-,36+,37+,38?,41+,42-/m1/s1. The second-order valence-corrected chi connectivity index (χ2v) is 16.5. The van der Waals surface area contributed by atoms with Crippen LogP contribution >= 0.6 is 0 Å². The summed E-state index contributed by atoms with van der Waals surface area (Å²) in [6.45, 7) is 12.5. The highest BCUT2D eigenvalue weighted by Gasteiger charge is 2.67. The Morgan fingerprint density at radius 2 is 1.45 bits per heavy atom. The summed E-state index contributed by atoms with van der Waals surface area (Å²) in [5.74, 6) is -4.55. The maximum absolute atomic E-state index is 13.6. The predicted molar refractivity (Wildman–Crippen MR) is 192 cm³/mol. The number of benzene rings is 1. The zero-order chi connectivity index (χ0) is 38.7. The van der Waals surface area contributed by atoms with Gasteiger partial charge in [-0.1, -0.05) is 51.1 Å². The Balaban J connectivity index is 1.37. The lowest BCUT2D eigenvalue weighted by Gasteiger charge is -2.64. The molecule has 1 aromatic carbocycles. The molecule has 0 aliphatic heterocycles. The Bertz CT molecular complexity index is 1520. The molecule has 4 fully saturated rings. The molecule has 0 amide bonds. The molecule has 4 aliphatic carbocycles. The van der Waals surface area contributed by atoms with Gasteiger partial charge in [0.25, 0.3) is 0 Å². The minimum absolute atomic E-state index is 0.0212. The van der Waals surface area contributed by atoms with E-state index in [-0.39, 0.29) is 90.7 Å². The fourth-order valence-corrected chi connectivity index (χ4v) is 11.2. The average Bonchev–Trinajstić information content (AvgIpc) is 3.45. The zero-order valence-electron chi connectivity index (χ0n) is 32.4. The summed E-state index contributed by atoms with van der Waals surface area (Å²) in [7, 11) is 0. The first-order valence-electron chi connectivity index (χ1n) is 19.5. The number of carbonyl (C=O) groups excluding carboxylic acids is 6. The molecule has 12 atom stereocenters. The van der Waals surface area contributed by atoms with E-state index in [9.17, 15) is 28.8 Å². The third-order valence-electron chi connectivity index (χ3n) is 13.6. The van der Waals surface area contributed by atoms with Gasteiger partial charge in [-0.25, -0.2) is 0 Å². The third-order valence-corrected chi connectivity index (χ3v) is 13.6. The first-order valence-corrected chi connectivity index (χ1v) is 19.5. The number of carbonyl (C=O) groups is 6. The summed E-state index contributed by atoms with van der Waals surface area (Å²) in [6, 6.07) is 9.04. The molecular formula is C42H58O11. The average molecular weight is 739 g/mol. The highest BCUT2D eigenvalue weighted by molar-refractivity contribution is 6.15. The van der Waals surface area contributed by atoms with E-state index in [0.29, 0.717) is 25.7 Å². The number of ether oxygens (including phenoxy) is 5. The fraction of sp³-hybridized carbons (Fsp3) is 0.714. The highest BCUT2D eigenvalue weighted by atomic mass is 16.6. The van der Waals surface area contributed by atoms with E-state index in [1.165, 1.54) is 20.8 Å². The molecule has 4 aliphatic rings. The van der Waals surface area contributed by atoms with Crippen molar-refractivity contribution < 1.29 is 52.5 Å². The van der Waals surface area contributed by atoms with Gasteiger partial charge in [0.15, 0.2) is 5.78 Å². The quantitative estimate of drug-likeness (QED) is 0.123. The van der Waals surface area contributed by atoms with Gasteiger partial charge >= 0.3 is 29.8 Å². The zero-order valence-corrected chi connectivity index (χ0v) is 32.4. The Morgan fingerprint density at radius 3 is 2.09 bits per heavy atom. The number of esters is 5. The fourth-order valence-electron chi connectivity index (χ4n) is 11.2. The van der Waals surface area contributed by atoms with E-state index in [2.05, 4.69) is 20.8 Å². The number of Topliss-reactive ketones (excluding diaryl/α,β-unsaturated/α-hetero) is 1. The van der Waals surface area contributed by atoms with Crippen molar-refractivity contribution in [2.45, 2.75) is 131 Å². The minimum atomic E-state index is -1.67. The van der Waals surface area contributed by atoms with Crippen LogP contribution in [0.3, 0.4) is 0 Å². The van der Waals surface area contributed by atoms with Crippen LogP contribution in [0.15, 0.2) is 30.3 Å². The van der Waals surface area contributed by atoms with Crippen LogP contribution in [0.25, 0.3) is 0 Å². The van der Waals surface area contributed by atoms with Crippen LogP contribution in [0.5, 0.6) is 0 Å². The van der Waals surface area contributed by atoms with Crippen LogP contribution in [0.4, 0.5) is 0 Å². The largest absolute Gasteiger partial charge is 0.465 e. The molecule has 11 nitrogen and oxygen atoms in total. The van der Waals surface area contributed by atoms with E-state index in [1.54, 1.807) is 19.1 Å². The second-order valence-electron chi connectivity index (χ2n) is 16.5. The molecule has 292 valence electrons. The van der Waals surface area contributed by atoms with Crippen molar-refractivity contribution >= 4 is 35.6 Å². The van der Waals surface area contributed by atoms with Crippen molar-refractivity contribution in [3.63, 3.8) is 0 Å². The van der Waals surface area contributed by atoms with E-state index in [0.717, 1.165) is 31.2 Å². The van der Waals surface area contributed by atoms with E-state index >= 15 is 0 Å². The van der Waals surface area contributed by atoms with Gasteiger partial charge in [0.05, 0.1) is 6.61 Å². The van der Waals surface area contributed by atoms with Gasteiger partial charge in [-0.2, -0.15) is 0 Å². The molecule has 4 saturated carbocycles. The van der Waals surface area contributed by atoms with Crippen LogP contribution in [-0.2, 0) is 59.1 Å². The molecule has 1 aromatic rings. The number of rotatable bonds is 13. The molecule has 0 heterocycles. The number of fused-ring (bicyclic) bond motifs is 5. The molecular weight excluding hydrogens is 680 g/mol. The molecule has 53 heavy (non-hydrogen) atoms. The van der Waals surface area contributed by atoms with Crippen molar-refractivity contribution in [2.24, 2.45) is 52.3 Å². The molecule has 0 spiro atoms. The lowest BCUT2D eigenvalue weighted by molar-refractivity contribution is -0.224.